The van der Waals surface area contributed by atoms with Crippen LogP contribution in [0.2, 0.25) is 0 Å². The molecule has 0 unspecified atom stereocenters. The zero-order valence-electron chi connectivity index (χ0n) is 10.7. The average Bonchev–Trinajstić information content (AvgIpc) is 2.23. The smallest absolute Gasteiger partial charge is 0.241 e. The summed E-state index contributed by atoms with van der Waals surface area (Å²) in [4.78, 5) is 0.201. The summed E-state index contributed by atoms with van der Waals surface area (Å²) in [7, 11) is -3.50. The van der Waals surface area contributed by atoms with E-state index in [1.54, 1.807) is 32.9 Å². The minimum atomic E-state index is -3.50. The largest absolute Gasteiger partial charge is 0.384 e. The molecule has 0 bridgehead atoms. The highest BCUT2D eigenvalue weighted by Gasteiger charge is 2.21. The van der Waals surface area contributed by atoms with Crippen LogP contribution in [0.15, 0.2) is 29.2 Å². The summed E-state index contributed by atoms with van der Waals surface area (Å²) >= 11 is 0. The number of nitrogens with one attached hydrogen (secondary N) is 1. The van der Waals surface area contributed by atoms with Gasteiger partial charge in [-0.2, -0.15) is 0 Å². The molecule has 0 aliphatic carbocycles. The van der Waals surface area contributed by atoms with Crippen molar-refractivity contribution in [1.29, 1.82) is 0 Å². The molecule has 0 spiro atoms. The zero-order valence-corrected chi connectivity index (χ0v) is 11.5. The van der Waals surface area contributed by atoms with Crippen molar-refractivity contribution >= 4 is 10.0 Å². The van der Waals surface area contributed by atoms with E-state index >= 15 is 0 Å². The van der Waals surface area contributed by atoms with E-state index in [1.165, 1.54) is 12.1 Å². The second kappa shape index (κ2) is 5.53. The summed E-state index contributed by atoms with van der Waals surface area (Å²) in [6, 6.07) is 6.21. The van der Waals surface area contributed by atoms with Crippen LogP contribution in [0.25, 0.3) is 0 Å². The first kappa shape index (κ1) is 14.7. The Kier molecular flexibility index (Phi) is 4.52. The van der Waals surface area contributed by atoms with Crippen LogP contribution in [0.4, 0.5) is 0 Å². The Labute approximate surface area is 108 Å². The van der Waals surface area contributed by atoms with Gasteiger partial charge in [0.25, 0.3) is 0 Å². The molecule has 0 saturated heterocycles. The van der Waals surface area contributed by atoms with Crippen molar-refractivity contribution in [2.75, 3.05) is 6.61 Å². The zero-order chi connectivity index (χ0) is 13.8. The molecule has 98 valence electrons. The monoisotopic (exact) mass is 267 g/mol. The minimum Gasteiger partial charge on any atom is -0.384 e. The number of benzene rings is 1. The Morgan fingerprint density at radius 1 is 1.22 bits per heavy atom. The van der Waals surface area contributed by atoms with E-state index in [0.717, 1.165) is 0 Å². The van der Waals surface area contributed by atoms with Gasteiger partial charge in [-0.15, -0.1) is 0 Å². The van der Waals surface area contributed by atoms with Crippen molar-refractivity contribution in [3.05, 3.63) is 29.8 Å². The van der Waals surface area contributed by atoms with Crippen LogP contribution in [-0.2, 0) is 10.0 Å². The SMILES string of the molecule is CC(C)(C)NS(=O)(=O)c1ccc(C#CCO)cc1. The van der Waals surface area contributed by atoms with Gasteiger partial charge in [0.15, 0.2) is 0 Å². The Morgan fingerprint density at radius 2 is 1.78 bits per heavy atom. The third kappa shape index (κ3) is 4.49. The van der Waals surface area contributed by atoms with E-state index in [0.29, 0.717) is 5.56 Å². The highest BCUT2D eigenvalue weighted by Crippen LogP contribution is 2.13. The first-order valence-electron chi connectivity index (χ1n) is 5.48. The molecule has 0 aromatic heterocycles. The number of hydrogen-bond donors (Lipinski definition) is 2. The van der Waals surface area contributed by atoms with E-state index in [-0.39, 0.29) is 11.5 Å². The van der Waals surface area contributed by atoms with Gasteiger partial charge in [-0.25, -0.2) is 13.1 Å². The lowest BCUT2D eigenvalue weighted by Crippen LogP contribution is -2.40. The molecule has 1 aromatic rings. The molecule has 0 heterocycles. The summed E-state index contributed by atoms with van der Waals surface area (Å²) in [5, 5.41) is 8.56. The van der Waals surface area contributed by atoms with Gasteiger partial charge in [0, 0.05) is 11.1 Å². The third-order valence-corrected chi connectivity index (χ3v) is 3.69. The lowest BCUT2D eigenvalue weighted by molar-refractivity contribution is 0.350. The van der Waals surface area contributed by atoms with Gasteiger partial charge in [-0.1, -0.05) is 11.8 Å². The van der Waals surface area contributed by atoms with E-state index in [4.69, 9.17) is 5.11 Å². The van der Waals surface area contributed by atoms with Crippen LogP contribution in [0.5, 0.6) is 0 Å². The molecule has 1 rings (SSSR count). The van der Waals surface area contributed by atoms with E-state index in [9.17, 15) is 8.42 Å². The lowest BCUT2D eigenvalue weighted by Gasteiger charge is -2.20. The predicted molar refractivity (Wildman–Crippen MR) is 70.5 cm³/mol. The summed E-state index contributed by atoms with van der Waals surface area (Å²) < 4.78 is 26.5. The van der Waals surface area contributed by atoms with Crippen LogP contribution in [0.1, 0.15) is 26.3 Å². The Morgan fingerprint density at radius 3 is 2.22 bits per heavy atom. The molecule has 1 aromatic carbocycles. The molecule has 0 fully saturated rings. The highest BCUT2D eigenvalue weighted by molar-refractivity contribution is 7.89. The summed E-state index contributed by atoms with van der Waals surface area (Å²) in [5.74, 6) is 5.21. The first-order chi connectivity index (χ1) is 8.24. The van der Waals surface area contributed by atoms with Gasteiger partial charge in [0.1, 0.15) is 6.61 Å². The molecule has 0 radical (unpaired) electrons. The number of rotatable bonds is 2. The van der Waals surface area contributed by atoms with E-state index < -0.39 is 15.6 Å². The average molecular weight is 267 g/mol. The molecule has 4 nitrogen and oxygen atoms in total. The Bertz CT molecular complexity index is 557. The van der Waals surface area contributed by atoms with Crippen molar-refractivity contribution in [3.8, 4) is 11.8 Å². The molecule has 0 saturated carbocycles. The van der Waals surface area contributed by atoms with Crippen molar-refractivity contribution in [2.45, 2.75) is 31.2 Å². The normalized spacial score (nSPS) is 11.8. The fraction of sp³-hybridized carbons (Fsp3) is 0.385. The van der Waals surface area contributed by atoms with E-state index in [2.05, 4.69) is 16.6 Å². The highest BCUT2D eigenvalue weighted by atomic mass is 32.2. The fourth-order valence-corrected chi connectivity index (χ4v) is 2.74. The molecule has 0 atom stereocenters. The maximum atomic E-state index is 12.0. The molecule has 18 heavy (non-hydrogen) atoms. The predicted octanol–water partition coefficient (Wildman–Crippen LogP) is 1.11. The second-order valence-electron chi connectivity index (χ2n) is 4.84. The standard InChI is InChI=1S/C13H17NO3S/c1-13(2,3)14-18(16,17)12-8-6-11(7-9-12)5-4-10-15/h6-9,14-15H,10H2,1-3H3. The van der Waals surface area contributed by atoms with E-state index in [1.807, 2.05) is 0 Å². The van der Waals surface area contributed by atoms with Crippen LogP contribution in [0.3, 0.4) is 0 Å². The Balaban J connectivity index is 2.98. The summed E-state index contributed by atoms with van der Waals surface area (Å²) in [6.45, 7) is 5.13. The molecular formula is C13H17NO3S. The van der Waals surface area contributed by atoms with Crippen LogP contribution in [-0.4, -0.2) is 25.7 Å². The molecule has 0 amide bonds. The van der Waals surface area contributed by atoms with Gasteiger partial charge < -0.3 is 5.11 Å². The number of aliphatic hydroxyl groups excluding tert-OH is 1. The van der Waals surface area contributed by atoms with Crippen LogP contribution < -0.4 is 4.72 Å². The van der Waals surface area contributed by atoms with Gasteiger partial charge in [-0.05, 0) is 45.0 Å². The number of hydrogen-bond acceptors (Lipinski definition) is 3. The third-order valence-electron chi connectivity index (χ3n) is 1.92. The maximum Gasteiger partial charge on any atom is 0.241 e. The fourth-order valence-electron chi connectivity index (χ4n) is 1.32. The van der Waals surface area contributed by atoms with Crippen LogP contribution in [0, 0.1) is 11.8 Å². The maximum absolute atomic E-state index is 12.0. The quantitative estimate of drug-likeness (QED) is 0.789. The molecule has 2 N–H and O–H groups in total. The van der Waals surface area contributed by atoms with Crippen LogP contribution >= 0.6 is 0 Å². The van der Waals surface area contributed by atoms with Gasteiger partial charge in [0.2, 0.25) is 10.0 Å². The van der Waals surface area contributed by atoms with Gasteiger partial charge in [-0.3, -0.25) is 0 Å². The van der Waals surface area contributed by atoms with Crippen molar-refractivity contribution in [2.24, 2.45) is 0 Å². The van der Waals surface area contributed by atoms with Crippen molar-refractivity contribution < 1.29 is 13.5 Å². The lowest BCUT2D eigenvalue weighted by atomic mass is 10.1. The summed E-state index contributed by atoms with van der Waals surface area (Å²) in [5.41, 5.74) is 0.146. The van der Waals surface area contributed by atoms with Crippen molar-refractivity contribution in [3.63, 3.8) is 0 Å². The number of aliphatic hydroxyl groups is 1. The minimum absolute atomic E-state index is 0.201. The van der Waals surface area contributed by atoms with Gasteiger partial charge in [0.05, 0.1) is 4.90 Å². The second-order valence-corrected chi connectivity index (χ2v) is 6.52. The Hall–Kier alpha value is -1.35. The molecule has 0 aliphatic rings. The summed E-state index contributed by atoms with van der Waals surface area (Å²) in [6.07, 6.45) is 0. The first-order valence-corrected chi connectivity index (χ1v) is 6.97. The van der Waals surface area contributed by atoms with Crippen molar-refractivity contribution in [1.82, 2.24) is 4.72 Å². The topological polar surface area (TPSA) is 66.4 Å². The molecule has 5 heteroatoms. The number of sulfonamides is 1. The van der Waals surface area contributed by atoms with Gasteiger partial charge >= 0.3 is 0 Å². The molecule has 0 aliphatic heterocycles. The molecular weight excluding hydrogens is 250 g/mol.